The molecule has 2 rings (SSSR count). The van der Waals surface area contributed by atoms with Crippen LogP contribution >= 0.6 is 0 Å². The van der Waals surface area contributed by atoms with Crippen LogP contribution in [0, 0.1) is 0 Å². The fourth-order valence-electron chi connectivity index (χ4n) is 2.56. The van der Waals surface area contributed by atoms with E-state index in [9.17, 15) is 9.90 Å². The molecule has 0 aromatic carbocycles. The molecule has 7 heteroatoms. The van der Waals surface area contributed by atoms with Gasteiger partial charge in [-0.25, -0.2) is 4.79 Å². The molecule has 1 aromatic rings. The first-order valence-electron chi connectivity index (χ1n) is 6.86. The van der Waals surface area contributed by atoms with E-state index in [-0.39, 0.29) is 12.6 Å². The number of ether oxygens (including phenoxy) is 1. The van der Waals surface area contributed by atoms with Crippen LogP contribution in [-0.4, -0.2) is 40.6 Å². The number of urea groups is 1. The van der Waals surface area contributed by atoms with Crippen molar-refractivity contribution in [2.24, 2.45) is 0 Å². The summed E-state index contributed by atoms with van der Waals surface area (Å²) in [5.74, 6) is 0. The van der Waals surface area contributed by atoms with Crippen molar-refractivity contribution in [3.05, 3.63) is 17.5 Å². The van der Waals surface area contributed by atoms with Crippen LogP contribution in [0.1, 0.15) is 37.1 Å². The van der Waals surface area contributed by atoms with Crippen molar-refractivity contribution in [3.8, 4) is 0 Å². The number of carbonyl (C=O) groups excluding carboxylic acids is 1. The van der Waals surface area contributed by atoms with E-state index in [0.29, 0.717) is 13.2 Å². The van der Waals surface area contributed by atoms with Crippen molar-refractivity contribution >= 4 is 6.03 Å². The van der Waals surface area contributed by atoms with Crippen LogP contribution in [0.4, 0.5) is 4.79 Å². The van der Waals surface area contributed by atoms with E-state index in [0.717, 1.165) is 37.1 Å². The highest BCUT2D eigenvalue weighted by atomic mass is 16.5. The third-order valence-corrected chi connectivity index (χ3v) is 3.66. The minimum absolute atomic E-state index is 0.0114. The Kier molecular flexibility index (Phi) is 4.97. The van der Waals surface area contributed by atoms with Gasteiger partial charge in [-0.3, -0.25) is 5.10 Å². The van der Waals surface area contributed by atoms with Gasteiger partial charge in [0.05, 0.1) is 36.7 Å². The number of aliphatic hydroxyl groups excluding tert-OH is 1. The van der Waals surface area contributed by atoms with Gasteiger partial charge in [-0.2, -0.15) is 5.10 Å². The molecule has 4 N–H and O–H groups in total. The molecule has 0 atom stereocenters. The van der Waals surface area contributed by atoms with E-state index < -0.39 is 5.54 Å². The number of nitrogens with one attached hydrogen (secondary N) is 3. The number of carbonyl (C=O) groups is 1. The number of methoxy groups -OCH3 is 1. The van der Waals surface area contributed by atoms with E-state index in [1.165, 1.54) is 0 Å². The number of aromatic amines is 1. The Morgan fingerprint density at radius 3 is 2.95 bits per heavy atom. The van der Waals surface area contributed by atoms with E-state index in [2.05, 4.69) is 20.8 Å². The van der Waals surface area contributed by atoms with Gasteiger partial charge in [0, 0.05) is 7.11 Å². The summed E-state index contributed by atoms with van der Waals surface area (Å²) in [6.07, 6.45) is 3.75. The second-order valence-electron chi connectivity index (χ2n) is 5.27. The van der Waals surface area contributed by atoms with Crippen molar-refractivity contribution in [1.82, 2.24) is 20.8 Å². The maximum atomic E-state index is 11.9. The average molecular weight is 282 g/mol. The molecule has 20 heavy (non-hydrogen) atoms. The van der Waals surface area contributed by atoms with Crippen LogP contribution < -0.4 is 10.6 Å². The predicted molar refractivity (Wildman–Crippen MR) is 73.0 cm³/mol. The number of aromatic nitrogens is 2. The molecule has 1 aromatic heterocycles. The third-order valence-electron chi connectivity index (χ3n) is 3.66. The van der Waals surface area contributed by atoms with E-state index in [1.807, 2.05) is 6.07 Å². The minimum atomic E-state index is -0.445. The van der Waals surface area contributed by atoms with Crippen LogP contribution in [0.3, 0.4) is 0 Å². The predicted octanol–water partition coefficient (Wildman–Crippen LogP) is 0.660. The zero-order valence-corrected chi connectivity index (χ0v) is 11.7. The molecule has 0 bridgehead atoms. The number of aliphatic hydroxyl groups is 1. The molecule has 0 radical (unpaired) electrons. The monoisotopic (exact) mass is 282 g/mol. The minimum Gasteiger partial charge on any atom is -0.394 e. The molecule has 2 amide bonds. The first kappa shape index (κ1) is 14.8. The molecule has 1 aliphatic carbocycles. The lowest BCUT2D eigenvalue weighted by atomic mass is 9.99. The van der Waals surface area contributed by atoms with Gasteiger partial charge in [-0.05, 0) is 18.9 Å². The summed E-state index contributed by atoms with van der Waals surface area (Å²) in [7, 11) is 1.61. The van der Waals surface area contributed by atoms with Crippen LogP contribution in [0.15, 0.2) is 6.07 Å². The summed E-state index contributed by atoms with van der Waals surface area (Å²) in [6.45, 7) is 0.794. The molecular weight excluding hydrogens is 260 g/mol. The molecule has 0 unspecified atom stereocenters. The van der Waals surface area contributed by atoms with Gasteiger partial charge in [0.2, 0.25) is 0 Å². The Bertz CT molecular complexity index is 441. The molecule has 0 saturated heterocycles. The van der Waals surface area contributed by atoms with Gasteiger partial charge in [0.25, 0.3) is 0 Å². The van der Waals surface area contributed by atoms with Crippen molar-refractivity contribution in [2.75, 3.05) is 13.7 Å². The quantitative estimate of drug-likeness (QED) is 0.616. The second kappa shape index (κ2) is 6.71. The van der Waals surface area contributed by atoms with Crippen LogP contribution in [-0.2, 0) is 17.9 Å². The van der Waals surface area contributed by atoms with E-state index >= 15 is 0 Å². The average Bonchev–Trinajstić information content (AvgIpc) is 3.07. The van der Waals surface area contributed by atoms with Crippen LogP contribution in [0.25, 0.3) is 0 Å². The zero-order chi connectivity index (χ0) is 14.4. The van der Waals surface area contributed by atoms with Gasteiger partial charge < -0.3 is 20.5 Å². The summed E-state index contributed by atoms with van der Waals surface area (Å²) in [6, 6.07) is 1.59. The van der Waals surface area contributed by atoms with Crippen LogP contribution in [0.2, 0.25) is 0 Å². The molecule has 0 aliphatic heterocycles. The summed E-state index contributed by atoms with van der Waals surface area (Å²) < 4.78 is 4.97. The van der Waals surface area contributed by atoms with Crippen molar-refractivity contribution in [3.63, 3.8) is 0 Å². The third kappa shape index (κ3) is 3.71. The van der Waals surface area contributed by atoms with E-state index in [4.69, 9.17) is 4.74 Å². The molecule has 112 valence electrons. The molecule has 0 spiro atoms. The van der Waals surface area contributed by atoms with Gasteiger partial charge >= 0.3 is 6.03 Å². The molecule has 1 saturated carbocycles. The normalized spacial score (nSPS) is 17.1. The number of amides is 2. The van der Waals surface area contributed by atoms with Gasteiger partial charge in [-0.1, -0.05) is 12.8 Å². The lowest BCUT2D eigenvalue weighted by molar-refractivity contribution is 0.162. The lowest BCUT2D eigenvalue weighted by Gasteiger charge is -2.27. The SMILES string of the molecule is COCc1cc(CNC(=O)NC2(CO)CCCC2)[nH]n1. The van der Waals surface area contributed by atoms with Crippen molar-refractivity contribution in [2.45, 2.75) is 44.4 Å². The van der Waals surface area contributed by atoms with E-state index in [1.54, 1.807) is 7.11 Å². The van der Waals surface area contributed by atoms with Crippen molar-refractivity contribution in [1.29, 1.82) is 0 Å². The standard InChI is InChI=1S/C13H22N4O3/c1-20-8-11-6-10(16-17-11)7-14-12(19)15-13(9-18)4-2-3-5-13/h6,18H,2-5,7-9H2,1H3,(H,16,17)(H2,14,15,19). The number of rotatable bonds is 6. The summed E-state index contributed by atoms with van der Waals surface area (Å²) in [5, 5.41) is 22.0. The van der Waals surface area contributed by atoms with Gasteiger partial charge in [0.1, 0.15) is 0 Å². The lowest BCUT2D eigenvalue weighted by Crippen LogP contribution is -2.52. The number of hydrogen-bond acceptors (Lipinski definition) is 4. The molecule has 1 fully saturated rings. The largest absolute Gasteiger partial charge is 0.394 e. The molecule has 1 heterocycles. The number of nitrogens with zero attached hydrogens (tertiary/aromatic N) is 1. The Labute approximate surface area is 118 Å². The van der Waals surface area contributed by atoms with Gasteiger partial charge in [0.15, 0.2) is 0 Å². The zero-order valence-electron chi connectivity index (χ0n) is 11.7. The Hall–Kier alpha value is -1.60. The maximum Gasteiger partial charge on any atom is 0.315 e. The highest BCUT2D eigenvalue weighted by Crippen LogP contribution is 2.28. The van der Waals surface area contributed by atoms with Crippen LogP contribution in [0.5, 0.6) is 0 Å². The van der Waals surface area contributed by atoms with Crippen molar-refractivity contribution < 1.29 is 14.6 Å². The maximum absolute atomic E-state index is 11.9. The number of H-pyrrole nitrogens is 1. The number of hydrogen-bond donors (Lipinski definition) is 4. The van der Waals surface area contributed by atoms with Gasteiger partial charge in [-0.15, -0.1) is 0 Å². The summed E-state index contributed by atoms with van der Waals surface area (Å²) in [5.41, 5.74) is 1.17. The smallest absolute Gasteiger partial charge is 0.315 e. The summed E-state index contributed by atoms with van der Waals surface area (Å²) >= 11 is 0. The Morgan fingerprint density at radius 1 is 1.55 bits per heavy atom. The topological polar surface area (TPSA) is 99.3 Å². The fraction of sp³-hybridized carbons (Fsp3) is 0.692. The first-order chi connectivity index (χ1) is 9.67. The first-order valence-corrected chi connectivity index (χ1v) is 6.86. The highest BCUT2D eigenvalue weighted by molar-refractivity contribution is 5.74. The molecule has 7 nitrogen and oxygen atoms in total. The second-order valence-corrected chi connectivity index (χ2v) is 5.27. The Morgan fingerprint density at radius 2 is 2.30 bits per heavy atom. The molecular formula is C13H22N4O3. The Balaban J connectivity index is 1.79. The summed E-state index contributed by atoms with van der Waals surface area (Å²) in [4.78, 5) is 11.9. The highest BCUT2D eigenvalue weighted by Gasteiger charge is 2.34. The fourth-order valence-corrected chi connectivity index (χ4v) is 2.56. The molecule has 1 aliphatic rings.